The zero-order chi connectivity index (χ0) is 35.7. The Morgan fingerprint density at radius 3 is 2.27 bits per heavy atom. The fourth-order valence-electron chi connectivity index (χ4n) is 5.81. The predicted molar refractivity (Wildman–Crippen MR) is 177 cm³/mol. The number of aromatic nitrogens is 3. The molecule has 3 aromatic carbocycles. The third-order valence-electron chi connectivity index (χ3n) is 8.39. The SMILES string of the molecule is CC(=O)N[C@H]1[C@H]([C@H](O)[C@H](O)CNC(=O)Cc2ccccc2)O[C@@](OCCCn2cc(-c3ccc(-c4ccccc4)cc3)nn2)(C(=O)[O-])C[C@@H]1O.[Na+]. The Morgan fingerprint density at radius 1 is 1.00 bits per heavy atom. The molecular weight excluding hydrogens is 669 g/mol. The van der Waals surface area contributed by atoms with Crippen LogP contribution in [0.4, 0.5) is 0 Å². The fourth-order valence-corrected chi connectivity index (χ4v) is 5.81. The summed E-state index contributed by atoms with van der Waals surface area (Å²) >= 11 is 0. The van der Waals surface area contributed by atoms with Gasteiger partial charge in [-0.2, -0.15) is 0 Å². The maximum atomic E-state index is 12.4. The Labute approximate surface area is 317 Å². The Kier molecular flexibility index (Phi) is 14.4. The van der Waals surface area contributed by atoms with Crippen molar-refractivity contribution in [3.05, 3.63) is 96.7 Å². The molecular formula is C36H40N5NaO9. The molecule has 1 aliphatic heterocycles. The monoisotopic (exact) mass is 709 g/mol. The van der Waals surface area contributed by atoms with Crippen molar-refractivity contribution >= 4 is 17.8 Å². The van der Waals surface area contributed by atoms with Crippen LogP contribution in [0.2, 0.25) is 0 Å². The first-order valence-corrected chi connectivity index (χ1v) is 16.3. The van der Waals surface area contributed by atoms with Crippen LogP contribution >= 0.6 is 0 Å². The number of aliphatic carboxylic acids is 1. The van der Waals surface area contributed by atoms with Gasteiger partial charge in [0, 0.05) is 32.0 Å². The first-order chi connectivity index (χ1) is 24.0. The molecule has 1 aliphatic rings. The Hall–Kier alpha value is -3.99. The summed E-state index contributed by atoms with van der Waals surface area (Å²) in [5, 5.41) is 58.6. The van der Waals surface area contributed by atoms with Crippen LogP contribution in [0.5, 0.6) is 0 Å². The normalized spacial score (nSPS) is 21.1. The van der Waals surface area contributed by atoms with Crippen LogP contribution in [0.25, 0.3) is 22.4 Å². The van der Waals surface area contributed by atoms with Crippen LogP contribution in [-0.2, 0) is 36.8 Å². The Morgan fingerprint density at radius 2 is 1.63 bits per heavy atom. The van der Waals surface area contributed by atoms with Gasteiger partial charge in [-0.25, -0.2) is 0 Å². The molecule has 15 heteroatoms. The largest absolute Gasteiger partial charge is 1.00 e. The van der Waals surface area contributed by atoms with Gasteiger partial charge in [0.05, 0.1) is 37.5 Å². The number of rotatable bonds is 15. The fraction of sp³-hybridized carbons (Fsp3) is 0.361. The van der Waals surface area contributed by atoms with Gasteiger partial charge in [0.2, 0.25) is 17.6 Å². The smallest absolute Gasteiger partial charge is 0.544 e. The number of aryl methyl sites for hydroxylation is 1. The third kappa shape index (κ3) is 10.5. The topological polar surface area (TPSA) is 208 Å². The van der Waals surface area contributed by atoms with E-state index in [0.717, 1.165) is 22.3 Å². The molecule has 1 saturated heterocycles. The van der Waals surface area contributed by atoms with Crippen LogP contribution in [0, 0.1) is 0 Å². The zero-order valence-corrected chi connectivity index (χ0v) is 30.4. The number of carboxylic acid groups (broad SMARTS) is 1. The number of nitrogens with one attached hydrogen (secondary N) is 2. The minimum atomic E-state index is -2.52. The molecule has 264 valence electrons. The number of amides is 2. The second kappa shape index (κ2) is 18.5. The summed E-state index contributed by atoms with van der Waals surface area (Å²) in [6.45, 7) is 0.852. The van der Waals surface area contributed by atoms with Gasteiger partial charge in [-0.1, -0.05) is 90.1 Å². The van der Waals surface area contributed by atoms with Crippen LogP contribution in [0.3, 0.4) is 0 Å². The van der Waals surface area contributed by atoms with E-state index in [4.69, 9.17) is 9.47 Å². The van der Waals surface area contributed by atoms with Crippen molar-refractivity contribution in [2.24, 2.45) is 0 Å². The van der Waals surface area contributed by atoms with E-state index < -0.39 is 67.0 Å². The Bertz CT molecular complexity index is 1730. The van der Waals surface area contributed by atoms with Gasteiger partial charge < -0.3 is 45.3 Å². The van der Waals surface area contributed by atoms with Crippen molar-refractivity contribution in [3.8, 4) is 22.4 Å². The molecule has 1 fully saturated rings. The molecule has 4 aromatic rings. The van der Waals surface area contributed by atoms with Crippen LogP contribution < -0.4 is 45.3 Å². The number of benzene rings is 3. The number of carbonyl (C=O) groups excluding carboxylic acids is 3. The number of aliphatic hydroxyl groups is 3. The molecule has 0 unspecified atom stereocenters. The van der Waals surface area contributed by atoms with E-state index in [1.807, 2.05) is 60.7 Å². The summed E-state index contributed by atoms with van der Waals surface area (Å²) in [5.41, 5.74) is 4.40. The first kappa shape index (κ1) is 39.8. The van der Waals surface area contributed by atoms with Crippen molar-refractivity contribution in [1.29, 1.82) is 0 Å². The van der Waals surface area contributed by atoms with Crippen molar-refractivity contribution in [1.82, 2.24) is 25.6 Å². The number of hydrogen-bond acceptors (Lipinski definition) is 11. The first-order valence-electron chi connectivity index (χ1n) is 16.3. The molecule has 14 nitrogen and oxygen atoms in total. The molecule has 0 radical (unpaired) electrons. The molecule has 5 N–H and O–H groups in total. The van der Waals surface area contributed by atoms with Crippen LogP contribution in [0.1, 0.15) is 25.3 Å². The molecule has 2 amide bonds. The van der Waals surface area contributed by atoms with Gasteiger partial charge >= 0.3 is 29.6 Å². The van der Waals surface area contributed by atoms with Gasteiger partial charge in [-0.15, -0.1) is 5.10 Å². The quantitative estimate of drug-likeness (QED) is 0.0630. The second-order valence-electron chi connectivity index (χ2n) is 12.2. The maximum absolute atomic E-state index is 12.4. The average molecular weight is 710 g/mol. The van der Waals surface area contributed by atoms with Crippen LogP contribution in [-0.4, -0.2) is 97.5 Å². The molecule has 6 atom stereocenters. The van der Waals surface area contributed by atoms with Gasteiger partial charge in [0.15, 0.2) is 0 Å². The maximum Gasteiger partial charge on any atom is 1.00 e. The molecule has 1 aromatic heterocycles. The number of carbonyl (C=O) groups is 3. The van der Waals surface area contributed by atoms with Gasteiger partial charge in [-0.05, 0) is 23.1 Å². The van der Waals surface area contributed by atoms with E-state index in [2.05, 4.69) is 20.9 Å². The van der Waals surface area contributed by atoms with Gasteiger partial charge in [0.25, 0.3) is 0 Å². The van der Waals surface area contributed by atoms with E-state index in [-0.39, 0.29) is 49.0 Å². The predicted octanol–water partition coefficient (Wildman–Crippen LogP) is -2.80. The molecule has 5 rings (SSSR count). The van der Waals surface area contributed by atoms with Gasteiger partial charge in [-0.3, -0.25) is 14.3 Å². The summed E-state index contributed by atoms with van der Waals surface area (Å²) in [4.78, 5) is 36.8. The van der Waals surface area contributed by atoms with E-state index >= 15 is 0 Å². The van der Waals surface area contributed by atoms with Crippen molar-refractivity contribution < 1.29 is 73.8 Å². The molecule has 0 saturated carbocycles. The number of hydrogen-bond donors (Lipinski definition) is 5. The third-order valence-corrected chi connectivity index (χ3v) is 8.39. The standard InChI is InChI=1S/C36H41N5O9.Na/c1-23(42)38-32-29(43)20-36(35(47)48,50-34(32)33(46)30(44)21-37-31(45)19-24-9-4-2-5-10-24)49-18-8-17-41-22-28(39-40-41)27-15-13-26(14-16-27)25-11-6-3-7-12-25;/h2-7,9-16,22,29-30,32-34,43-44,46H,8,17-21H2,1H3,(H,37,45)(H,38,42)(H,47,48);/q;+1/p-1/t29-,30+,32+,33+,34+,36+;/m0./s1. The van der Waals surface area contributed by atoms with E-state index in [1.165, 1.54) is 6.92 Å². The number of aliphatic hydroxyl groups excluding tert-OH is 3. The van der Waals surface area contributed by atoms with Gasteiger partial charge in [0.1, 0.15) is 23.9 Å². The summed E-state index contributed by atoms with van der Waals surface area (Å²) in [7, 11) is 0. The molecule has 51 heavy (non-hydrogen) atoms. The average Bonchev–Trinajstić information content (AvgIpc) is 3.59. The summed E-state index contributed by atoms with van der Waals surface area (Å²) < 4.78 is 13.0. The van der Waals surface area contributed by atoms with E-state index in [0.29, 0.717) is 12.2 Å². The van der Waals surface area contributed by atoms with Crippen LogP contribution in [0.15, 0.2) is 91.1 Å². The number of nitrogens with zero attached hydrogens (tertiary/aromatic N) is 3. The summed E-state index contributed by atoms with van der Waals surface area (Å²) in [5.74, 6) is -5.37. The van der Waals surface area contributed by atoms with E-state index in [1.54, 1.807) is 35.1 Å². The van der Waals surface area contributed by atoms with E-state index in [9.17, 15) is 34.8 Å². The summed E-state index contributed by atoms with van der Waals surface area (Å²) in [6.07, 6.45) is -5.38. The second-order valence-corrected chi connectivity index (χ2v) is 12.2. The molecule has 0 bridgehead atoms. The summed E-state index contributed by atoms with van der Waals surface area (Å²) in [6, 6.07) is 25.4. The number of carboxylic acids is 1. The Balaban J connectivity index is 0.00000583. The van der Waals surface area contributed by atoms with Crippen molar-refractivity contribution in [3.63, 3.8) is 0 Å². The van der Waals surface area contributed by atoms with Crippen molar-refractivity contribution in [2.75, 3.05) is 13.2 Å². The molecule has 0 spiro atoms. The minimum absolute atomic E-state index is 0. The number of ether oxygens (including phenoxy) is 2. The zero-order valence-electron chi connectivity index (χ0n) is 28.4. The minimum Gasteiger partial charge on any atom is -0.544 e. The van der Waals surface area contributed by atoms with Crippen molar-refractivity contribution in [2.45, 2.75) is 69.0 Å². The molecule has 0 aliphatic carbocycles. The molecule has 2 heterocycles.